The van der Waals surface area contributed by atoms with Gasteiger partial charge in [-0.1, -0.05) is 12.1 Å². The number of fused-ring (bicyclic) bond motifs is 1. The summed E-state index contributed by atoms with van der Waals surface area (Å²) in [6, 6.07) is 8.85. The summed E-state index contributed by atoms with van der Waals surface area (Å²) in [5.74, 6) is 0.0894. The second-order valence-electron chi connectivity index (χ2n) is 8.70. The molecule has 1 N–H and O–H groups in total. The maximum atomic E-state index is 13.9. The van der Waals surface area contributed by atoms with Crippen molar-refractivity contribution in [3.05, 3.63) is 64.9 Å². The van der Waals surface area contributed by atoms with Gasteiger partial charge in [0.15, 0.2) is 5.82 Å². The Kier molecular flexibility index (Phi) is 7.69. The number of nitrogens with zero attached hydrogens (tertiary/aromatic N) is 8. The molecule has 184 valence electrons. The van der Waals surface area contributed by atoms with Crippen molar-refractivity contribution in [2.75, 3.05) is 39.3 Å². The lowest BCUT2D eigenvalue weighted by Crippen LogP contribution is -2.58. The lowest BCUT2D eigenvalue weighted by atomic mass is 9.96. The van der Waals surface area contributed by atoms with Crippen molar-refractivity contribution in [2.24, 2.45) is 0 Å². The number of nitriles is 1. The van der Waals surface area contributed by atoms with Crippen LogP contribution in [0.25, 0.3) is 5.82 Å². The van der Waals surface area contributed by atoms with Gasteiger partial charge in [0.05, 0.1) is 24.4 Å². The van der Waals surface area contributed by atoms with Crippen LogP contribution in [-0.4, -0.2) is 85.5 Å². The number of ether oxygens (including phenoxy) is 1. The molecule has 35 heavy (non-hydrogen) atoms. The molecule has 2 aliphatic rings. The number of hydrogen-bond donors (Lipinski definition) is 1. The molecule has 1 unspecified atom stereocenters. The van der Waals surface area contributed by atoms with Crippen molar-refractivity contribution in [3.63, 3.8) is 0 Å². The smallest absolute Gasteiger partial charge is 0.156 e. The Bertz CT molecular complexity index is 1190. The average Bonchev–Trinajstić information content (AvgIpc) is 3.39. The predicted octanol–water partition coefficient (Wildman–Crippen LogP) is 1.59. The zero-order valence-corrected chi connectivity index (χ0v) is 20.0. The molecule has 10 nitrogen and oxygen atoms in total. The molecule has 0 bridgehead atoms. The molecule has 0 amide bonds. The molecule has 1 aromatic carbocycles. The molecule has 2 aliphatic heterocycles. The molecule has 2 fully saturated rings. The highest BCUT2D eigenvalue weighted by atomic mass is 35.5. The maximum Gasteiger partial charge on any atom is 0.156 e. The fourth-order valence-corrected chi connectivity index (χ4v) is 4.73. The molecular formula is C23H26ClFN8O2. The first-order valence-corrected chi connectivity index (χ1v) is 11.2. The monoisotopic (exact) mass is 500 g/mol. The van der Waals surface area contributed by atoms with E-state index in [2.05, 4.69) is 30.3 Å². The van der Waals surface area contributed by atoms with E-state index < -0.39 is 11.9 Å². The van der Waals surface area contributed by atoms with Crippen LogP contribution >= 0.6 is 12.4 Å². The summed E-state index contributed by atoms with van der Waals surface area (Å²) in [6.07, 6.45) is 2.26. The summed E-state index contributed by atoms with van der Waals surface area (Å²) in [5.41, 5.74) is 2.33. The van der Waals surface area contributed by atoms with Crippen molar-refractivity contribution in [2.45, 2.75) is 25.2 Å². The van der Waals surface area contributed by atoms with Crippen LogP contribution in [0.15, 0.2) is 36.8 Å². The SMILES string of the molecule is Cc1c([C@H]2CN3CCN(CC(O)c4ccc(-n5cnnn5)nc4)C[C@H]3CO2)ccc(F)c1C#N.Cl. The summed E-state index contributed by atoms with van der Waals surface area (Å²) < 4.78 is 21.5. The van der Waals surface area contributed by atoms with Gasteiger partial charge in [-0.3, -0.25) is 9.80 Å². The van der Waals surface area contributed by atoms with E-state index in [9.17, 15) is 14.8 Å². The highest BCUT2D eigenvalue weighted by Crippen LogP contribution is 2.31. The Morgan fingerprint density at radius 3 is 2.83 bits per heavy atom. The third-order valence-corrected chi connectivity index (χ3v) is 6.66. The molecule has 4 heterocycles. The first kappa shape index (κ1) is 25.1. The van der Waals surface area contributed by atoms with Crippen LogP contribution in [0.3, 0.4) is 0 Å². The number of aromatic nitrogens is 5. The van der Waals surface area contributed by atoms with Gasteiger partial charge in [-0.2, -0.15) is 9.94 Å². The van der Waals surface area contributed by atoms with Crippen molar-refractivity contribution < 1.29 is 14.2 Å². The Balaban J connectivity index is 0.00000289. The van der Waals surface area contributed by atoms with Gasteiger partial charge in [0.1, 0.15) is 18.2 Å². The number of benzene rings is 1. The number of β-amino-alcohol motifs (C(OH)–C–C–N with tert-alkyl or cyclic N) is 1. The Hall–Kier alpha value is -3.01. The van der Waals surface area contributed by atoms with Gasteiger partial charge >= 0.3 is 0 Å². The summed E-state index contributed by atoms with van der Waals surface area (Å²) in [4.78, 5) is 8.95. The summed E-state index contributed by atoms with van der Waals surface area (Å²) in [5, 5.41) is 31.0. The first-order chi connectivity index (χ1) is 16.5. The van der Waals surface area contributed by atoms with Gasteiger partial charge in [-0.05, 0) is 40.6 Å². The molecule has 3 atom stereocenters. The van der Waals surface area contributed by atoms with E-state index >= 15 is 0 Å². The van der Waals surface area contributed by atoms with E-state index in [1.807, 2.05) is 12.1 Å². The van der Waals surface area contributed by atoms with Gasteiger partial charge in [-0.15, -0.1) is 17.5 Å². The van der Waals surface area contributed by atoms with Gasteiger partial charge < -0.3 is 9.84 Å². The van der Waals surface area contributed by atoms with Gasteiger partial charge in [0, 0.05) is 50.5 Å². The molecule has 0 saturated carbocycles. The topological polar surface area (TPSA) is 116 Å². The molecule has 12 heteroatoms. The van der Waals surface area contributed by atoms with E-state index in [1.165, 1.54) is 17.1 Å². The van der Waals surface area contributed by atoms with E-state index in [0.717, 1.165) is 30.8 Å². The van der Waals surface area contributed by atoms with E-state index in [4.69, 9.17) is 4.74 Å². The molecule has 0 radical (unpaired) electrons. The molecule has 2 aromatic heterocycles. The minimum absolute atomic E-state index is 0. The summed E-state index contributed by atoms with van der Waals surface area (Å²) in [7, 11) is 0. The van der Waals surface area contributed by atoms with Crippen LogP contribution in [0.5, 0.6) is 0 Å². The van der Waals surface area contributed by atoms with Gasteiger partial charge in [-0.25, -0.2) is 9.37 Å². The summed E-state index contributed by atoms with van der Waals surface area (Å²) >= 11 is 0. The zero-order chi connectivity index (χ0) is 23.7. The van der Waals surface area contributed by atoms with Crippen LogP contribution in [0, 0.1) is 24.1 Å². The van der Waals surface area contributed by atoms with Crippen LogP contribution < -0.4 is 0 Å². The lowest BCUT2D eigenvalue weighted by molar-refractivity contribution is -0.0939. The number of morpholine rings is 1. The minimum atomic E-state index is -0.662. The second kappa shape index (κ2) is 10.7. The lowest BCUT2D eigenvalue weighted by Gasteiger charge is -2.46. The highest BCUT2D eigenvalue weighted by Gasteiger charge is 2.35. The molecule has 0 spiro atoms. The van der Waals surface area contributed by atoms with Crippen molar-refractivity contribution in [3.8, 4) is 11.9 Å². The molecule has 2 saturated heterocycles. The molecular weight excluding hydrogens is 475 g/mol. The van der Waals surface area contributed by atoms with E-state index in [0.29, 0.717) is 31.1 Å². The Morgan fingerprint density at radius 1 is 1.26 bits per heavy atom. The van der Waals surface area contributed by atoms with Crippen LogP contribution in [0.4, 0.5) is 4.39 Å². The highest BCUT2D eigenvalue weighted by molar-refractivity contribution is 5.85. The van der Waals surface area contributed by atoms with Crippen LogP contribution in [0.1, 0.15) is 34.5 Å². The quantitative estimate of drug-likeness (QED) is 0.557. The van der Waals surface area contributed by atoms with Crippen LogP contribution in [0.2, 0.25) is 0 Å². The number of aliphatic hydroxyl groups excluding tert-OH is 1. The molecule has 5 rings (SSSR count). The third-order valence-electron chi connectivity index (χ3n) is 6.66. The zero-order valence-electron chi connectivity index (χ0n) is 19.2. The number of rotatable bonds is 5. The fraction of sp³-hybridized carbons (Fsp3) is 0.435. The first-order valence-electron chi connectivity index (χ1n) is 11.2. The predicted molar refractivity (Wildman–Crippen MR) is 126 cm³/mol. The second-order valence-corrected chi connectivity index (χ2v) is 8.70. The number of aliphatic hydroxyl groups is 1. The number of piperazine rings is 1. The standard InChI is InChI=1S/C23H25FN8O2.ClH/c1-15-18(3-4-20(24)19(15)8-25)22-12-31-7-6-30(10-17(31)13-34-22)11-21(33)16-2-5-23(26-9-16)32-14-27-28-29-32;/h2-5,9,14,17,21-22,33H,6-7,10-13H2,1H3;1H/t17-,21?,22+;/m0./s1. The average molecular weight is 501 g/mol. The molecule has 0 aliphatic carbocycles. The normalized spacial score (nSPS) is 21.5. The minimum Gasteiger partial charge on any atom is -0.387 e. The van der Waals surface area contributed by atoms with Crippen molar-refractivity contribution >= 4 is 12.4 Å². The Morgan fingerprint density at radius 2 is 2.11 bits per heavy atom. The van der Waals surface area contributed by atoms with Crippen molar-refractivity contribution in [1.82, 2.24) is 35.0 Å². The summed E-state index contributed by atoms with van der Waals surface area (Å²) in [6.45, 7) is 5.96. The van der Waals surface area contributed by atoms with Gasteiger partial charge in [0.25, 0.3) is 0 Å². The molecule has 3 aromatic rings. The van der Waals surface area contributed by atoms with E-state index in [-0.39, 0.29) is 30.1 Å². The number of pyridine rings is 1. The van der Waals surface area contributed by atoms with Crippen molar-refractivity contribution in [1.29, 1.82) is 5.26 Å². The number of hydrogen-bond acceptors (Lipinski definition) is 9. The maximum absolute atomic E-state index is 13.9. The number of tetrazole rings is 1. The third kappa shape index (κ3) is 5.17. The Labute approximate surface area is 208 Å². The van der Waals surface area contributed by atoms with E-state index in [1.54, 1.807) is 25.3 Å². The fourth-order valence-electron chi connectivity index (χ4n) is 4.73. The van der Waals surface area contributed by atoms with Crippen LogP contribution in [-0.2, 0) is 4.74 Å². The van der Waals surface area contributed by atoms with Gasteiger partial charge in [0.2, 0.25) is 0 Å². The number of halogens is 2. The largest absolute Gasteiger partial charge is 0.387 e.